The van der Waals surface area contributed by atoms with Crippen LogP contribution in [-0.2, 0) is 0 Å². The van der Waals surface area contributed by atoms with Crippen molar-refractivity contribution in [1.29, 1.82) is 0 Å². The van der Waals surface area contributed by atoms with E-state index in [0.717, 1.165) is 35.6 Å². The highest BCUT2D eigenvalue weighted by Gasteiger charge is 2.24. The molecule has 1 atom stereocenters. The molecule has 3 aromatic carbocycles. The molecule has 35 heavy (non-hydrogen) atoms. The smallest absolute Gasteiger partial charge is 0.317 e. The van der Waals surface area contributed by atoms with Crippen LogP contribution in [-0.4, -0.2) is 49.3 Å². The lowest BCUT2D eigenvalue weighted by molar-refractivity contribution is 0.191. The number of hydrogen-bond acceptors (Lipinski definition) is 3. The van der Waals surface area contributed by atoms with E-state index in [9.17, 15) is 4.79 Å². The lowest BCUT2D eigenvalue weighted by Crippen LogP contribution is -2.52. The number of nitrogens with zero attached hydrogens (tertiary/aromatic N) is 4. The SMILES string of the molecule is C=Cc1cc(N=CN=C(C)N)ccc1N1CCN(C(=O)N[C@@H](C)c2cccc3ccccc23)CC1. The van der Waals surface area contributed by atoms with Crippen LogP contribution in [0.25, 0.3) is 16.8 Å². The summed E-state index contributed by atoms with van der Waals surface area (Å²) in [5.41, 5.74) is 9.54. The van der Waals surface area contributed by atoms with Gasteiger partial charge in [0, 0.05) is 31.9 Å². The van der Waals surface area contributed by atoms with Gasteiger partial charge in [0.2, 0.25) is 0 Å². The number of urea groups is 1. The van der Waals surface area contributed by atoms with E-state index >= 15 is 0 Å². The van der Waals surface area contributed by atoms with Crippen molar-refractivity contribution in [1.82, 2.24) is 10.2 Å². The number of aliphatic imine (C=N–C) groups is 2. The first-order chi connectivity index (χ1) is 17.0. The number of carbonyl (C=O) groups excluding carboxylic acids is 1. The van der Waals surface area contributed by atoms with Crippen molar-refractivity contribution in [3.63, 3.8) is 0 Å². The topological polar surface area (TPSA) is 86.3 Å². The van der Waals surface area contributed by atoms with Crippen molar-refractivity contribution in [3.8, 4) is 0 Å². The monoisotopic (exact) mass is 468 g/mol. The molecule has 4 rings (SSSR count). The number of carbonyl (C=O) groups is 1. The molecule has 0 radical (unpaired) electrons. The molecule has 1 heterocycles. The first kappa shape index (κ1) is 24.0. The van der Waals surface area contributed by atoms with Gasteiger partial charge in [-0.15, -0.1) is 0 Å². The highest BCUT2D eigenvalue weighted by molar-refractivity contribution is 5.87. The maximum atomic E-state index is 13.0. The number of amides is 2. The van der Waals surface area contributed by atoms with Gasteiger partial charge in [0.05, 0.1) is 17.6 Å². The Labute approximate surface area is 206 Å². The second-order valence-corrected chi connectivity index (χ2v) is 8.68. The number of benzene rings is 3. The zero-order valence-electron chi connectivity index (χ0n) is 20.3. The number of rotatable bonds is 6. The van der Waals surface area contributed by atoms with Crippen LogP contribution in [0.15, 0.2) is 77.2 Å². The summed E-state index contributed by atoms with van der Waals surface area (Å²) in [5.74, 6) is 0.461. The fourth-order valence-electron chi connectivity index (χ4n) is 4.39. The molecule has 0 saturated carbocycles. The van der Waals surface area contributed by atoms with E-state index in [2.05, 4.69) is 51.0 Å². The minimum Gasteiger partial charge on any atom is -0.387 e. The molecule has 1 aliphatic rings. The number of nitrogens with two attached hydrogens (primary N) is 1. The van der Waals surface area contributed by atoms with Crippen LogP contribution < -0.4 is 16.0 Å². The van der Waals surface area contributed by atoms with E-state index in [4.69, 9.17) is 5.73 Å². The molecule has 0 aromatic heterocycles. The van der Waals surface area contributed by atoms with E-state index in [1.807, 2.05) is 54.3 Å². The van der Waals surface area contributed by atoms with Crippen LogP contribution in [0.5, 0.6) is 0 Å². The van der Waals surface area contributed by atoms with Crippen molar-refractivity contribution in [2.75, 3.05) is 31.1 Å². The Bertz CT molecular complexity index is 1260. The Morgan fingerprint density at radius 3 is 2.57 bits per heavy atom. The second-order valence-electron chi connectivity index (χ2n) is 8.68. The molecule has 7 heteroatoms. The summed E-state index contributed by atoms with van der Waals surface area (Å²) >= 11 is 0. The summed E-state index contributed by atoms with van der Waals surface area (Å²) in [6.45, 7) is 10.5. The van der Waals surface area contributed by atoms with Crippen LogP contribution >= 0.6 is 0 Å². The van der Waals surface area contributed by atoms with E-state index in [0.29, 0.717) is 18.9 Å². The Balaban J connectivity index is 1.38. The zero-order chi connectivity index (χ0) is 24.8. The lowest BCUT2D eigenvalue weighted by atomic mass is 10.00. The van der Waals surface area contributed by atoms with Crippen LogP contribution in [0.3, 0.4) is 0 Å². The highest BCUT2D eigenvalue weighted by Crippen LogP contribution is 2.28. The van der Waals surface area contributed by atoms with Crippen LogP contribution in [0.2, 0.25) is 0 Å². The molecule has 1 fully saturated rings. The van der Waals surface area contributed by atoms with Gasteiger partial charge in [-0.1, -0.05) is 55.1 Å². The molecule has 1 aliphatic heterocycles. The minimum atomic E-state index is -0.0838. The van der Waals surface area contributed by atoms with Gasteiger partial charge in [0.15, 0.2) is 0 Å². The van der Waals surface area contributed by atoms with Gasteiger partial charge in [0.1, 0.15) is 6.34 Å². The normalized spacial score (nSPS) is 15.4. The molecule has 0 aliphatic carbocycles. The Morgan fingerprint density at radius 2 is 1.83 bits per heavy atom. The number of fused-ring (bicyclic) bond motifs is 1. The van der Waals surface area contributed by atoms with Gasteiger partial charge >= 0.3 is 6.03 Å². The summed E-state index contributed by atoms with van der Waals surface area (Å²) in [4.78, 5) is 25.5. The third kappa shape index (κ3) is 5.69. The van der Waals surface area contributed by atoms with Gasteiger partial charge in [-0.05, 0) is 53.9 Å². The van der Waals surface area contributed by atoms with Crippen molar-refractivity contribution < 1.29 is 4.79 Å². The van der Waals surface area contributed by atoms with E-state index in [1.165, 1.54) is 17.1 Å². The number of hydrogen-bond donors (Lipinski definition) is 2. The third-order valence-electron chi connectivity index (χ3n) is 6.24. The summed E-state index contributed by atoms with van der Waals surface area (Å²) in [6.07, 6.45) is 3.28. The van der Waals surface area contributed by atoms with Crippen molar-refractivity contribution in [2.45, 2.75) is 19.9 Å². The maximum Gasteiger partial charge on any atom is 0.317 e. The van der Waals surface area contributed by atoms with Crippen LogP contribution in [0.1, 0.15) is 31.0 Å². The fourth-order valence-corrected chi connectivity index (χ4v) is 4.39. The molecule has 0 spiro atoms. The van der Waals surface area contributed by atoms with Gasteiger partial charge < -0.3 is 20.9 Å². The summed E-state index contributed by atoms with van der Waals surface area (Å²) in [7, 11) is 0. The fraction of sp³-hybridized carbons (Fsp3) is 0.250. The number of piperazine rings is 1. The number of amidine groups is 1. The summed E-state index contributed by atoms with van der Waals surface area (Å²) < 4.78 is 0. The average Bonchev–Trinajstić information content (AvgIpc) is 2.88. The molecular weight excluding hydrogens is 436 g/mol. The van der Waals surface area contributed by atoms with E-state index in [1.54, 1.807) is 6.92 Å². The molecule has 1 saturated heterocycles. The minimum absolute atomic E-state index is 0.0329. The zero-order valence-corrected chi connectivity index (χ0v) is 20.3. The van der Waals surface area contributed by atoms with E-state index < -0.39 is 0 Å². The maximum absolute atomic E-state index is 13.0. The summed E-state index contributed by atoms with van der Waals surface area (Å²) in [6, 6.07) is 20.3. The van der Waals surface area contributed by atoms with E-state index in [-0.39, 0.29) is 12.1 Å². The Hall–Kier alpha value is -4.13. The lowest BCUT2D eigenvalue weighted by Gasteiger charge is -2.37. The average molecular weight is 469 g/mol. The first-order valence-corrected chi connectivity index (χ1v) is 11.8. The third-order valence-corrected chi connectivity index (χ3v) is 6.24. The Kier molecular flexibility index (Phi) is 7.45. The Morgan fingerprint density at radius 1 is 1.09 bits per heavy atom. The van der Waals surface area contributed by atoms with Crippen molar-refractivity contribution >= 4 is 46.4 Å². The van der Waals surface area contributed by atoms with Crippen LogP contribution in [0.4, 0.5) is 16.2 Å². The predicted octanol–water partition coefficient (Wildman–Crippen LogP) is 5.11. The van der Waals surface area contributed by atoms with Gasteiger partial charge in [-0.3, -0.25) is 0 Å². The predicted molar refractivity (Wildman–Crippen MR) is 147 cm³/mol. The van der Waals surface area contributed by atoms with Crippen LogP contribution in [0, 0.1) is 0 Å². The molecule has 0 bridgehead atoms. The van der Waals surface area contributed by atoms with Gasteiger partial charge in [-0.2, -0.15) is 0 Å². The van der Waals surface area contributed by atoms with Crippen molar-refractivity contribution in [3.05, 3.63) is 78.4 Å². The van der Waals surface area contributed by atoms with Crippen molar-refractivity contribution in [2.24, 2.45) is 15.7 Å². The number of anilines is 1. The largest absolute Gasteiger partial charge is 0.387 e. The first-order valence-electron chi connectivity index (χ1n) is 11.8. The molecule has 3 N–H and O–H groups in total. The number of nitrogens with one attached hydrogen (secondary N) is 1. The molecular formula is C28H32N6O. The quantitative estimate of drug-likeness (QED) is 0.389. The second kappa shape index (κ2) is 10.9. The summed E-state index contributed by atoms with van der Waals surface area (Å²) in [5, 5.41) is 5.53. The standard InChI is InChI=1S/C28H32N6O/c1-4-22-18-24(31-19-30-21(3)29)12-13-27(22)33-14-16-34(17-15-33)28(35)32-20(2)25-11-7-9-23-8-5-6-10-26(23)25/h4-13,18-20H,1,14-17H2,2-3H3,(H,32,35)(H2,29,30,31)/t20-/m0/s1. The molecule has 7 nitrogen and oxygen atoms in total. The molecule has 0 unspecified atom stereocenters. The molecule has 2 amide bonds. The molecule has 180 valence electrons. The van der Waals surface area contributed by atoms with Gasteiger partial charge in [0.25, 0.3) is 0 Å². The van der Waals surface area contributed by atoms with Gasteiger partial charge in [-0.25, -0.2) is 14.8 Å². The highest BCUT2D eigenvalue weighted by atomic mass is 16.2. The molecule has 3 aromatic rings.